The molecule has 1 atom stereocenters. The normalized spacial score (nSPS) is 21.8. The van der Waals surface area contributed by atoms with Crippen LogP contribution in [0.4, 0.5) is 0 Å². The number of hydrogen-bond acceptors (Lipinski definition) is 0. The predicted molar refractivity (Wildman–Crippen MR) is 116 cm³/mol. The zero-order valence-corrected chi connectivity index (χ0v) is 16.7. The Morgan fingerprint density at radius 3 is 2.37 bits per heavy atom. The van der Waals surface area contributed by atoms with E-state index in [-0.39, 0.29) is 0 Å². The summed E-state index contributed by atoms with van der Waals surface area (Å²) in [4.78, 5) is 0. The fourth-order valence-corrected chi connectivity index (χ4v) is 4.93. The van der Waals surface area contributed by atoms with Crippen LogP contribution in [0.15, 0.2) is 60.2 Å². The molecule has 0 spiro atoms. The second-order valence-corrected chi connectivity index (χ2v) is 9.09. The van der Waals surface area contributed by atoms with Gasteiger partial charge in [-0.25, -0.2) is 0 Å². The Labute approximate surface area is 162 Å². The smallest absolute Gasteiger partial charge is 0.00253 e. The summed E-state index contributed by atoms with van der Waals surface area (Å²) in [5, 5.41) is 2.68. The van der Waals surface area contributed by atoms with E-state index in [1.807, 2.05) is 0 Å². The molecule has 0 nitrogen and oxygen atoms in total. The molecule has 3 aromatic carbocycles. The molecule has 0 N–H and O–H groups in total. The van der Waals surface area contributed by atoms with Crippen LogP contribution in [-0.2, 0) is 12.8 Å². The van der Waals surface area contributed by atoms with E-state index in [1.165, 1.54) is 57.9 Å². The third-order valence-electron chi connectivity index (χ3n) is 6.99. The van der Waals surface area contributed by atoms with Gasteiger partial charge in [0.1, 0.15) is 0 Å². The molecule has 0 radical (unpaired) electrons. The first-order valence-corrected chi connectivity index (χ1v) is 10.3. The molecule has 0 saturated heterocycles. The van der Waals surface area contributed by atoms with Crippen LogP contribution in [0.25, 0.3) is 16.8 Å². The molecule has 0 aliphatic heterocycles. The molecule has 0 aromatic heterocycles. The Bertz CT molecular complexity index is 1060. The van der Waals surface area contributed by atoms with Crippen LogP contribution in [0.3, 0.4) is 0 Å². The molecule has 0 bridgehead atoms. The monoisotopic (exact) mass is 352 g/mol. The average molecular weight is 353 g/mol. The van der Waals surface area contributed by atoms with E-state index in [9.17, 15) is 0 Å². The first kappa shape index (κ1) is 16.8. The lowest BCUT2D eigenvalue weighted by molar-refractivity contribution is 0.335. The van der Waals surface area contributed by atoms with Crippen molar-refractivity contribution < 1.29 is 0 Å². The maximum absolute atomic E-state index is 2.48. The largest absolute Gasteiger partial charge is 0.0662 e. The van der Waals surface area contributed by atoms with Crippen LogP contribution < -0.4 is 0 Å². The van der Waals surface area contributed by atoms with Crippen LogP contribution in [0.2, 0.25) is 0 Å². The zero-order chi connectivity index (χ0) is 18.6. The number of benzene rings is 3. The summed E-state index contributed by atoms with van der Waals surface area (Å²) in [7, 11) is 0. The van der Waals surface area contributed by atoms with Crippen molar-refractivity contribution in [1.29, 1.82) is 0 Å². The Morgan fingerprint density at radius 2 is 1.56 bits per heavy atom. The third-order valence-corrected chi connectivity index (χ3v) is 6.99. The molecule has 2 aliphatic rings. The summed E-state index contributed by atoms with van der Waals surface area (Å²) in [6, 6.07) is 20.8. The molecular weight excluding hydrogens is 324 g/mol. The SMILES string of the molecule is CC1=Cc2cc(Cc3ccc4cc(C)ccc4c3)ccc2CC1(C)C1CC1. The van der Waals surface area contributed by atoms with Crippen LogP contribution in [0.1, 0.15) is 54.5 Å². The van der Waals surface area contributed by atoms with Crippen molar-refractivity contribution in [3.63, 3.8) is 0 Å². The van der Waals surface area contributed by atoms with Gasteiger partial charge in [0.05, 0.1) is 0 Å². The standard InChI is InChI=1S/C27H28/c1-18-4-7-23-15-20(5-8-22(23)12-18)14-21-6-9-24-17-27(3,26-10-11-26)19(2)13-25(24)16-21/h4-9,12-13,15-16,26H,10-11,14,17H2,1-3H3. The second kappa shape index (κ2) is 6.09. The quantitative estimate of drug-likeness (QED) is 0.471. The predicted octanol–water partition coefficient (Wildman–Crippen LogP) is 7.11. The van der Waals surface area contributed by atoms with Crippen LogP contribution in [0, 0.1) is 18.3 Å². The highest BCUT2D eigenvalue weighted by molar-refractivity contribution is 5.83. The van der Waals surface area contributed by atoms with Gasteiger partial charge >= 0.3 is 0 Å². The summed E-state index contributed by atoms with van der Waals surface area (Å²) in [6.45, 7) is 6.98. The van der Waals surface area contributed by atoms with Crippen LogP contribution in [-0.4, -0.2) is 0 Å². The molecule has 5 rings (SSSR count). The highest BCUT2D eigenvalue weighted by atomic mass is 14.5. The van der Waals surface area contributed by atoms with E-state index in [4.69, 9.17) is 0 Å². The van der Waals surface area contributed by atoms with Gasteiger partial charge in [0, 0.05) is 0 Å². The summed E-state index contributed by atoms with van der Waals surface area (Å²) in [5.74, 6) is 0.905. The zero-order valence-electron chi connectivity index (χ0n) is 16.7. The number of allylic oxidation sites excluding steroid dienone is 1. The number of hydrogen-bond donors (Lipinski definition) is 0. The maximum atomic E-state index is 2.48. The van der Waals surface area contributed by atoms with E-state index in [2.05, 4.69) is 81.4 Å². The van der Waals surface area contributed by atoms with Gasteiger partial charge < -0.3 is 0 Å². The molecule has 0 amide bonds. The van der Waals surface area contributed by atoms with Gasteiger partial charge in [0.15, 0.2) is 0 Å². The van der Waals surface area contributed by atoms with Gasteiger partial charge in [-0.05, 0) is 83.9 Å². The minimum Gasteiger partial charge on any atom is -0.0662 e. The van der Waals surface area contributed by atoms with E-state index in [1.54, 1.807) is 5.57 Å². The first-order chi connectivity index (χ1) is 13.0. The Kier molecular flexibility index (Phi) is 3.79. The van der Waals surface area contributed by atoms with Crippen molar-refractivity contribution in [3.05, 3.63) is 88.0 Å². The average Bonchev–Trinajstić information content (AvgIpc) is 3.49. The van der Waals surface area contributed by atoms with Crippen molar-refractivity contribution in [1.82, 2.24) is 0 Å². The molecule has 3 aromatic rings. The highest BCUT2D eigenvalue weighted by Crippen LogP contribution is 2.53. The Balaban J connectivity index is 1.44. The highest BCUT2D eigenvalue weighted by Gasteiger charge is 2.44. The van der Waals surface area contributed by atoms with Crippen molar-refractivity contribution >= 4 is 16.8 Å². The topological polar surface area (TPSA) is 0 Å². The molecule has 0 heterocycles. The summed E-state index contributed by atoms with van der Waals surface area (Å²) >= 11 is 0. The second-order valence-electron chi connectivity index (χ2n) is 9.09. The minimum absolute atomic E-state index is 0.394. The molecule has 0 heteroatoms. The lowest BCUT2D eigenvalue weighted by atomic mass is 9.69. The lowest BCUT2D eigenvalue weighted by Gasteiger charge is -2.35. The Morgan fingerprint density at radius 1 is 0.852 bits per heavy atom. The molecule has 2 aliphatic carbocycles. The lowest BCUT2D eigenvalue weighted by Crippen LogP contribution is -2.26. The van der Waals surface area contributed by atoms with Gasteiger partial charge in [-0.2, -0.15) is 0 Å². The number of aryl methyl sites for hydroxylation is 1. The van der Waals surface area contributed by atoms with Gasteiger partial charge in [-0.3, -0.25) is 0 Å². The maximum Gasteiger partial charge on any atom is -0.00253 e. The van der Waals surface area contributed by atoms with Gasteiger partial charge in [0.25, 0.3) is 0 Å². The fraction of sp³-hybridized carbons (Fsp3) is 0.333. The minimum atomic E-state index is 0.394. The number of rotatable bonds is 3. The van der Waals surface area contributed by atoms with Crippen molar-refractivity contribution in [2.45, 2.75) is 46.5 Å². The van der Waals surface area contributed by atoms with Gasteiger partial charge in [-0.1, -0.05) is 78.7 Å². The summed E-state index contributed by atoms with van der Waals surface area (Å²) in [5.41, 5.74) is 9.09. The molecule has 1 fully saturated rings. The summed E-state index contributed by atoms with van der Waals surface area (Å²) < 4.78 is 0. The molecule has 136 valence electrons. The van der Waals surface area contributed by atoms with Crippen LogP contribution >= 0.6 is 0 Å². The van der Waals surface area contributed by atoms with E-state index in [0.717, 1.165) is 12.3 Å². The van der Waals surface area contributed by atoms with Crippen LogP contribution in [0.5, 0.6) is 0 Å². The van der Waals surface area contributed by atoms with Crippen molar-refractivity contribution in [3.8, 4) is 0 Å². The van der Waals surface area contributed by atoms with E-state index in [0.29, 0.717) is 5.41 Å². The third kappa shape index (κ3) is 3.02. The molecule has 1 saturated carbocycles. The van der Waals surface area contributed by atoms with Gasteiger partial charge in [0.2, 0.25) is 0 Å². The molecule has 27 heavy (non-hydrogen) atoms. The summed E-state index contributed by atoms with van der Waals surface area (Å²) in [6.07, 6.45) is 7.51. The molecular formula is C27H28. The fourth-order valence-electron chi connectivity index (χ4n) is 4.93. The molecule has 1 unspecified atom stereocenters. The number of fused-ring (bicyclic) bond motifs is 2. The Hall–Kier alpha value is -2.34. The van der Waals surface area contributed by atoms with Crippen molar-refractivity contribution in [2.75, 3.05) is 0 Å². The van der Waals surface area contributed by atoms with E-state index < -0.39 is 0 Å². The van der Waals surface area contributed by atoms with E-state index >= 15 is 0 Å². The van der Waals surface area contributed by atoms with Gasteiger partial charge in [-0.15, -0.1) is 0 Å². The first-order valence-electron chi connectivity index (χ1n) is 10.3. The van der Waals surface area contributed by atoms with Crippen molar-refractivity contribution in [2.24, 2.45) is 11.3 Å².